The average Bonchev–Trinajstić information content (AvgIpc) is 3.12. The predicted octanol–water partition coefficient (Wildman–Crippen LogP) is 5.15. The highest BCUT2D eigenvalue weighted by Gasteiger charge is 2.19. The first kappa shape index (κ1) is 19.5. The minimum absolute atomic E-state index is 0.0995. The lowest BCUT2D eigenvalue weighted by atomic mass is 10.3. The maximum atomic E-state index is 12.7. The number of aromatic nitrogens is 2. The minimum atomic E-state index is -0.323. The Morgan fingerprint density at radius 2 is 2.00 bits per heavy atom. The molecule has 0 fully saturated rings. The van der Waals surface area contributed by atoms with Crippen LogP contribution >= 0.6 is 27.7 Å². The van der Waals surface area contributed by atoms with Crippen LogP contribution in [0, 0.1) is 0 Å². The number of imidazole rings is 1. The highest BCUT2D eigenvalue weighted by molar-refractivity contribution is 9.10. The van der Waals surface area contributed by atoms with E-state index in [4.69, 9.17) is 4.74 Å². The maximum absolute atomic E-state index is 12.7. The molecule has 0 spiro atoms. The molecule has 0 saturated heterocycles. The summed E-state index contributed by atoms with van der Waals surface area (Å²) >= 11 is 4.85. The van der Waals surface area contributed by atoms with Crippen molar-refractivity contribution in [3.8, 4) is 11.4 Å². The molecule has 0 saturated carbocycles. The lowest BCUT2D eigenvalue weighted by molar-refractivity contribution is -0.115. The number of halogens is 1. The van der Waals surface area contributed by atoms with Crippen LogP contribution in [0.25, 0.3) is 5.69 Å². The fourth-order valence-electron chi connectivity index (χ4n) is 2.47. The van der Waals surface area contributed by atoms with Gasteiger partial charge in [0.25, 0.3) is 0 Å². The molecule has 140 valence electrons. The van der Waals surface area contributed by atoms with E-state index in [9.17, 15) is 4.79 Å². The van der Waals surface area contributed by atoms with Crippen LogP contribution in [0.1, 0.15) is 13.8 Å². The lowest BCUT2D eigenvalue weighted by Crippen LogP contribution is -2.23. The van der Waals surface area contributed by atoms with E-state index in [1.807, 2.05) is 73.1 Å². The van der Waals surface area contributed by atoms with E-state index >= 15 is 0 Å². The Hall–Kier alpha value is -2.25. The monoisotopic (exact) mass is 445 g/mol. The normalized spacial score (nSPS) is 11.8. The Balaban J connectivity index is 1.71. The molecule has 7 heteroatoms. The molecule has 0 bridgehead atoms. The Morgan fingerprint density at radius 3 is 2.74 bits per heavy atom. The number of anilines is 1. The van der Waals surface area contributed by atoms with Gasteiger partial charge in [0.1, 0.15) is 5.75 Å². The van der Waals surface area contributed by atoms with E-state index in [1.54, 1.807) is 6.20 Å². The Bertz CT molecular complexity index is 912. The number of thioether (sulfide) groups is 1. The zero-order valence-electron chi connectivity index (χ0n) is 15.1. The van der Waals surface area contributed by atoms with Crippen molar-refractivity contribution in [2.45, 2.75) is 24.3 Å². The Labute approximate surface area is 171 Å². The van der Waals surface area contributed by atoms with E-state index in [0.717, 1.165) is 15.3 Å². The number of benzene rings is 2. The summed E-state index contributed by atoms with van der Waals surface area (Å²) in [5.74, 6) is 0.569. The van der Waals surface area contributed by atoms with Crippen molar-refractivity contribution < 1.29 is 9.53 Å². The summed E-state index contributed by atoms with van der Waals surface area (Å²) < 4.78 is 8.55. The number of amides is 1. The largest absolute Gasteiger partial charge is 0.492 e. The first-order valence-corrected chi connectivity index (χ1v) is 10.2. The molecule has 27 heavy (non-hydrogen) atoms. The maximum Gasteiger partial charge on any atom is 0.237 e. The first-order valence-electron chi connectivity index (χ1n) is 8.57. The molecule has 5 nitrogen and oxygen atoms in total. The zero-order chi connectivity index (χ0) is 19.2. The molecule has 3 aromatic rings. The Morgan fingerprint density at radius 1 is 1.26 bits per heavy atom. The third kappa shape index (κ3) is 4.93. The molecule has 2 aromatic carbocycles. The molecule has 1 unspecified atom stereocenters. The van der Waals surface area contributed by atoms with Gasteiger partial charge >= 0.3 is 0 Å². The van der Waals surface area contributed by atoms with Crippen LogP contribution in [0.3, 0.4) is 0 Å². The number of para-hydroxylation sites is 2. The number of carbonyl (C=O) groups excluding carboxylic acids is 1. The van der Waals surface area contributed by atoms with Crippen molar-refractivity contribution in [1.29, 1.82) is 0 Å². The van der Waals surface area contributed by atoms with Crippen LogP contribution in [-0.4, -0.2) is 27.3 Å². The number of hydrogen-bond acceptors (Lipinski definition) is 4. The molecular weight excluding hydrogens is 426 g/mol. The SMILES string of the molecule is CCOc1ccccc1NC(=O)C(C)Sc1nccn1-c1ccc(Br)cc1. The molecule has 1 atom stereocenters. The molecule has 1 N–H and O–H groups in total. The predicted molar refractivity (Wildman–Crippen MR) is 113 cm³/mol. The van der Waals surface area contributed by atoms with E-state index < -0.39 is 0 Å². The van der Waals surface area contributed by atoms with Crippen molar-refractivity contribution in [3.63, 3.8) is 0 Å². The van der Waals surface area contributed by atoms with Gasteiger partial charge in [-0.1, -0.05) is 39.8 Å². The number of nitrogens with zero attached hydrogens (tertiary/aromatic N) is 2. The van der Waals surface area contributed by atoms with Crippen LogP contribution in [0.15, 0.2) is 70.6 Å². The number of ether oxygens (including phenoxy) is 1. The van der Waals surface area contributed by atoms with Gasteiger partial charge in [-0.15, -0.1) is 0 Å². The van der Waals surface area contributed by atoms with E-state index in [2.05, 4.69) is 26.2 Å². The fraction of sp³-hybridized carbons (Fsp3) is 0.200. The second kappa shape index (κ2) is 9.10. The van der Waals surface area contributed by atoms with Gasteiger partial charge in [-0.2, -0.15) is 0 Å². The second-order valence-corrected chi connectivity index (χ2v) is 7.96. The summed E-state index contributed by atoms with van der Waals surface area (Å²) in [4.78, 5) is 17.1. The lowest BCUT2D eigenvalue weighted by Gasteiger charge is -2.15. The van der Waals surface area contributed by atoms with Gasteiger partial charge in [0.2, 0.25) is 5.91 Å². The smallest absolute Gasteiger partial charge is 0.237 e. The topological polar surface area (TPSA) is 56.1 Å². The first-order chi connectivity index (χ1) is 13.1. The molecule has 1 heterocycles. The van der Waals surface area contributed by atoms with Gasteiger partial charge in [-0.3, -0.25) is 9.36 Å². The molecule has 0 radical (unpaired) electrons. The molecule has 1 amide bonds. The van der Waals surface area contributed by atoms with Crippen LogP contribution < -0.4 is 10.1 Å². The molecular formula is C20H20BrN3O2S. The van der Waals surface area contributed by atoms with Gasteiger partial charge in [0, 0.05) is 22.6 Å². The Kier molecular flexibility index (Phi) is 6.58. The van der Waals surface area contributed by atoms with E-state index in [0.29, 0.717) is 18.0 Å². The summed E-state index contributed by atoms with van der Waals surface area (Å²) in [6, 6.07) is 15.4. The standard InChI is InChI=1S/C20H20BrN3O2S/c1-3-26-18-7-5-4-6-17(18)23-19(25)14(2)27-20-22-12-13-24(20)16-10-8-15(21)9-11-16/h4-14H,3H2,1-2H3,(H,23,25). The zero-order valence-corrected chi connectivity index (χ0v) is 17.5. The molecule has 3 rings (SSSR count). The van der Waals surface area contributed by atoms with Crippen LogP contribution in [0.5, 0.6) is 5.75 Å². The second-order valence-electron chi connectivity index (χ2n) is 5.73. The van der Waals surface area contributed by atoms with Crippen molar-refractivity contribution in [3.05, 3.63) is 65.4 Å². The summed E-state index contributed by atoms with van der Waals surface area (Å²) in [5, 5.41) is 3.39. The highest BCUT2D eigenvalue weighted by atomic mass is 79.9. The van der Waals surface area contributed by atoms with Gasteiger partial charge in [-0.05, 0) is 50.2 Å². The molecule has 0 aliphatic rings. The number of nitrogens with one attached hydrogen (secondary N) is 1. The van der Waals surface area contributed by atoms with Gasteiger partial charge in [0.05, 0.1) is 17.5 Å². The van der Waals surface area contributed by atoms with Crippen LogP contribution in [-0.2, 0) is 4.79 Å². The number of rotatable bonds is 7. The summed E-state index contributed by atoms with van der Waals surface area (Å²) in [5.41, 5.74) is 1.67. The van der Waals surface area contributed by atoms with Gasteiger partial charge in [-0.25, -0.2) is 4.98 Å². The third-order valence-electron chi connectivity index (χ3n) is 3.81. The van der Waals surface area contributed by atoms with Crippen LogP contribution in [0.2, 0.25) is 0 Å². The quantitative estimate of drug-likeness (QED) is 0.510. The van der Waals surface area contributed by atoms with E-state index in [1.165, 1.54) is 11.8 Å². The third-order valence-corrected chi connectivity index (χ3v) is 5.42. The number of carbonyl (C=O) groups is 1. The molecule has 0 aliphatic carbocycles. The van der Waals surface area contributed by atoms with Crippen LogP contribution in [0.4, 0.5) is 5.69 Å². The van der Waals surface area contributed by atoms with Crippen molar-refractivity contribution in [2.24, 2.45) is 0 Å². The summed E-state index contributed by atoms with van der Waals surface area (Å²) in [6.45, 7) is 4.32. The van der Waals surface area contributed by atoms with Gasteiger partial charge < -0.3 is 10.1 Å². The summed E-state index contributed by atoms with van der Waals surface area (Å²) in [6.07, 6.45) is 3.62. The average molecular weight is 446 g/mol. The minimum Gasteiger partial charge on any atom is -0.492 e. The summed E-state index contributed by atoms with van der Waals surface area (Å²) in [7, 11) is 0. The van der Waals surface area contributed by atoms with Crippen molar-refractivity contribution >= 4 is 39.3 Å². The highest BCUT2D eigenvalue weighted by Crippen LogP contribution is 2.28. The molecule has 0 aliphatic heterocycles. The number of hydrogen-bond donors (Lipinski definition) is 1. The van der Waals surface area contributed by atoms with Crippen molar-refractivity contribution in [2.75, 3.05) is 11.9 Å². The fourth-order valence-corrected chi connectivity index (χ4v) is 3.62. The molecule has 1 aromatic heterocycles. The van der Waals surface area contributed by atoms with Crippen molar-refractivity contribution in [1.82, 2.24) is 9.55 Å². The van der Waals surface area contributed by atoms with Gasteiger partial charge in [0.15, 0.2) is 5.16 Å². The van der Waals surface area contributed by atoms with E-state index in [-0.39, 0.29) is 11.2 Å².